The molecule has 3 rings (SSSR count). The van der Waals surface area contributed by atoms with Crippen molar-refractivity contribution in [3.63, 3.8) is 0 Å². The standard InChI is InChI=1S/C23H32N6O3/c1-24-23(29-13-11-28(12-14-29)22(31)20-8-5-15-32-20)26-17-18-6-4-7-19(16-18)21(30)25-9-10-27(2)3/h4-8,15-16H,9-14,17H2,1-3H3,(H,24,26)(H,25,30). The van der Waals surface area contributed by atoms with Crippen LogP contribution in [-0.2, 0) is 6.54 Å². The number of carbonyl (C=O) groups excluding carboxylic acids is 2. The zero-order chi connectivity index (χ0) is 22.9. The summed E-state index contributed by atoms with van der Waals surface area (Å²) in [6.45, 7) is 4.52. The van der Waals surface area contributed by atoms with E-state index in [0.717, 1.165) is 18.1 Å². The van der Waals surface area contributed by atoms with Crippen molar-refractivity contribution >= 4 is 17.8 Å². The quantitative estimate of drug-likeness (QED) is 0.495. The summed E-state index contributed by atoms with van der Waals surface area (Å²) in [7, 11) is 5.70. The number of furan rings is 1. The molecule has 32 heavy (non-hydrogen) atoms. The second-order valence-electron chi connectivity index (χ2n) is 7.92. The Morgan fingerprint density at radius 2 is 1.81 bits per heavy atom. The van der Waals surface area contributed by atoms with Gasteiger partial charge in [0.25, 0.3) is 11.8 Å². The first-order valence-corrected chi connectivity index (χ1v) is 10.8. The number of carbonyl (C=O) groups is 2. The normalized spacial score (nSPS) is 14.6. The van der Waals surface area contributed by atoms with Crippen molar-refractivity contribution in [2.24, 2.45) is 4.99 Å². The topological polar surface area (TPSA) is 93.4 Å². The van der Waals surface area contributed by atoms with Gasteiger partial charge in [0.15, 0.2) is 11.7 Å². The highest BCUT2D eigenvalue weighted by Crippen LogP contribution is 2.10. The van der Waals surface area contributed by atoms with E-state index >= 15 is 0 Å². The van der Waals surface area contributed by atoms with Crippen molar-refractivity contribution < 1.29 is 14.0 Å². The molecule has 0 bridgehead atoms. The highest BCUT2D eigenvalue weighted by molar-refractivity contribution is 5.94. The smallest absolute Gasteiger partial charge is 0.289 e. The summed E-state index contributed by atoms with van der Waals surface area (Å²) in [5, 5.41) is 6.30. The average Bonchev–Trinajstić information content (AvgIpc) is 3.34. The van der Waals surface area contributed by atoms with Crippen LogP contribution in [0.1, 0.15) is 26.5 Å². The third-order valence-electron chi connectivity index (χ3n) is 5.29. The van der Waals surface area contributed by atoms with Crippen molar-refractivity contribution in [1.29, 1.82) is 0 Å². The molecule has 1 aromatic carbocycles. The third-order valence-corrected chi connectivity index (χ3v) is 5.29. The van der Waals surface area contributed by atoms with Crippen molar-refractivity contribution in [2.45, 2.75) is 6.54 Å². The summed E-state index contributed by atoms with van der Waals surface area (Å²) < 4.78 is 5.22. The van der Waals surface area contributed by atoms with Gasteiger partial charge in [-0.05, 0) is 43.9 Å². The molecular formula is C23H32N6O3. The van der Waals surface area contributed by atoms with Crippen LogP contribution in [0.5, 0.6) is 0 Å². The molecule has 2 heterocycles. The zero-order valence-corrected chi connectivity index (χ0v) is 19.0. The fraction of sp³-hybridized carbons (Fsp3) is 0.435. The Labute approximate surface area is 189 Å². The molecular weight excluding hydrogens is 408 g/mol. The average molecular weight is 441 g/mol. The van der Waals surface area contributed by atoms with E-state index in [1.165, 1.54) is 6.26 Å². The van der Waals surface area contributed by atoms with Gasteiger partial charge in [-0.3, -0.25) is 14.6 Å². The predicted octanol–water partition coefficient (Wildman–Crippen LogP) is 1.10. The maximum absolute atomic E-state index is 12.4. The van der Waals surface area contributed by atoms with Gasteiger partial charge in [-0.25, -0.2) is 0 Å². The Morgan fingerprint density at radius 1 is 1.06 bits per heavy atom. The second-order valence-corrected chi connectivity index (χ2v) is 7.92. The summed E-state index contributed by atoms with van der Waals surface area (Å²) in [6, 6.07) is 11.0. The van der Waals surface area contributed by atoms with Crippen LogP contribution >= 0.6 is 0 Å². The molecule has 2 N–H and O–H groups in total. The van der Waals surface area contributed by atoms with E-state index in [1.807, 2.05) is 43.3 Å². The second kappa shape index (κ2) is 11.3. The number of benzene rings is 1. The predicted molar refractivity (Wildman–Crippen MR) is 124 cm³/mol. The minimum absolute atomic E-state index is 0.0737. The lowest BCUT2D eigenvalue weighted by Crippen LogP contribution is -2.53. The molecule has 172 valence electrons. The zero-order valence-electron chi connectivity index (χ0n) is 19.0. The van der Waals surface area contributed by atoms with Gasteiger partial charge in [-0.2, -0.15) is 0 Å². The summed E-state index contributed by atoms with van der Waals surface area (Å²) in [4.78, 5) is 35.1. The first-order chi connectivity index (χ1) is 15.5. The number of piperazine rings is 1. The van der Waals surface area contributed by atoms with Gasteiger partial charge in [0.1, 0.15) is 0 Å². The van der Waals surface area contributed by atoms with E-state index in [9.17, 15) is 9.59 Å². The summed E-state index contributed by atoms with van der Waals surface area (Å²) in [6.07, 6.45) is 1.51. The number of nitrogens with zero attached hydrogens (tertiary/aromatic N) is 4. The minimum Gasteiger partial charge on any atom is -0.459 e. The summed E-state index contributed by atoms with van der Waals surface area (Å²) in [5.74, 6) is 0.983. The summed E-state index contributed by atoms with van der Waals surface area (Å²) in [5.41, 5.74) is 1.64. The van der Waals surface area contributed by atoms with Crippen molar-refractivity contribution in [1.82, 2.24) is 25.3 Å². The van der Waals surface area contributed by atoms with Crippen LogP contribution in [0.3, 0.4) is 0 Å². The number of rotatable bonds is 7. The Morgan fingerprint density at radius 3 is 2.47 bits per heavy atom. The van der Waals surface area contributed by atoms with E-state index in [1.54, 1.807) is 24.1 Å². The Bertz CT molecular complexity index is 918. The molecule has 1 fully saturated rings. The van der Waals surface area contributed by atoms with Gasteiger partial charge in [0, 0.05) is 58.4 Å². The number of hydrogen-bond donors (Lipinski definition) is 2. The maximum Gasteiger partial charge on any atom is 0.289 e. The Kier molecular flexibility index (Phi) is 8.27. The first-order valence-electron chi connectivity index (χ1n) is 10.8. The largest absolute Gasteiger partial charge is 0.459 e. The van der Waals surface area contributed by atoms with Crippen LogP contribution in [0, 0.1) is 0 Å². The van der Waals surface area contributed by atoms with Gasteiger partial charge in [0.05, 0.1) is 6.26 Å². The van der Waals surface area contributed by atoms with Crippen LogP contribution in [0.25, 0.3) is 0 Å². The molecule has 0 spiro atoms. The summed E-state index contributed by atoms with van der Waals surface area (Å²) >= 11 is 0. The van der Waals surface area contributed by atoms with Gasteiger partial charge in [0.2, 0.25) is 0 Å². The monoisotopic (exact) mass is 440 g/mol. The molecule has 0 aliphatic carbocycles. The van der Waals surface area contributed by atoms with Crippen molar-refractivity contribution in [3.8, 4) is 0 Å². The van der Waals surface area contributed by atoms with Crippen molar-refractivity contribution in [2.75, 3.05) is 60.4 Å². The lowest BCUT2D eigenvalue weighted by atomic mass is 10.1. The third kappa shape index (κ3) is 6.34. The Balaban J connectivity index is 1.49. The lowest BCUT2D eigenvalue weighted by Gasteiger charge is -2.36. The van der Waals surface area contributed by atoms with Gasteiger partial charge in [-0.1, -0.05) is 12.1 Å². The molecule has 9 heteroatoms. The fourth-order valence-corrected chi connectivity index (χ4v) is 3.51. The number of likely N-dealkylation sites (N-methyl/N-ethyl adjacent to an activating group) is 1. The minimum atomic E-state index is -0.0849. The van der Waals surface area contributed by atoms with Crippen LogP contribution in [0.2, 0.25) is 0 Å². The van der Waals surface area contributed by atoms with Gasteiger partial charge < -0.3 is 29.8 Å². The van der Waals surface area contributed by atoms with Gasteiger partial charge in [-0.15, -0.1) is 0 Å². The molecule has 0 atom stereocenters. The highest BCUT2D eigenvalue weighted by Gasteiger charge is 2.25. The Hall–Kier alpha value is -3.33. The molecule has 1 aliphatic heterocycles. The number of nitrogens with one attached hydrogen (secondary N) is 2. The van der Waals surface area contributed by atoms with Crippen LogP contribution in [0.15, 0.2) is 52.1 Å². The SMILES string of the molecule is CN=C(NCc1cccc(C(=O)NCCN(C)C)c1)N1CCN(C(=O)c2ccco2)CC1. The maximum atomic E-state index is 12.4. The van der Waals surface area contributed by atoms with Gasteiger partial charge >= 0.3 is 0 Å². The number of hydrogen-bond acceptors (Lipinski definition) is 5. The molecule has 2 amide bonds. The lowest BCUT2D eigenvalue weighted by molar-refractivity contribution is 0.0657. The van der Waals surface area contributed by atoms with E-state index < -0.39 is 0 Å². The van der Waals surface area contributed by atoms with Crippen LogP contribution in [-0.4, -0.2) is 92.9 Å². The van der Waals surface area contributed by atoms with Crippen LogP contribution < -0.4 is 10.6 Å². The number of amides is 2. The number of aliphatic imine (C=N–C) groups is 1. The molecule has 0 radical (unpaired) electrons. The molecule has 0 saturated carbocycles. The molecule has 9 nitrogen and oxygen atoms in total. The molecule has 1 aliphatic rings. The first kappa shape index (κ1) is 23.3. The fourth-order valence-electron chi connectivity index (χ4n) is 3.51. The van der Waals surface area contributed by atoms with Crippen molar-refractivity contribution in [3.05, 3.63) is 59.5 Å². The van der Waals surface area contributed by atoms with E-state index in [2.05, 4.69) is 20.5 Å². The molecule has 1 saturated heterocycles. The molecule has 2 aromatic rings. The van der Waals surface area contributed by atoms with E-state index in [4.69, 9.17) is 4.42 Å². The van der Waals surface area contributed by atoms with E-state index in [0.29, 0.717) is 50.6 Å². The van der Waals surface area contributed by atoms with E-state index in [-0.39, 0.29) is 11.8 Å². The number of guanidine groups is 1. The highest BCUT2D eigenvalue weighted by atomic mass is 16.3. The molecule has 0 unspecified atom stereocenters. The van der Waals surface area contributed by atoms with Crippen LogP contribution in [0.4, 0.5) is 0 Å². The molecule has 1 aromatic heterocycles.